The normalized spacial score (nSPS) is 11.9. The molecule has 0 saturated heterocycles. The molecule has 0 radical (unpaired) electrons. The van der Waals surface area contributed by atoms with E-state index in [1.807, 2.05) is 0 Å². The predicted molar refractivity (Wildman–Crippen MR) is 55.1 cm³/mol. The van der Waals surface area contributed by atoms with Gasteiger partial charge < -0.3 is 15.2 Å². The Bertz CT molecular complexity index is 303. The van der Waals surface area contributed by atoms with Crippen molar-refractivity contribution in [2.75, 3.05) is 11.9 Å². The summed E-state index contributed by atoms with van der Waals surface area (Å²) in [6, 6.07) is 5.25. The molecule has 1 heterocycles. The number of anilines is 1. The summed E-state index contributed by atoms with van der Waals surface area (Å²) in [6.45, 7) is 2.03. The number of rotatable bonds is 5. The van der Waals surface area contributed by atoms with Crippen molar-refractivity contribution in [2.45, 2.75) is 19.6 Å². The minimum Gasteiger partial charge on any atom is -0.466 e. The second kappa shape index (κ2) is 5.98. The first-order chi connectivity index (χ1) is 7.22. The molecule has 82 valence electrons. The average molecular weight is 210 g/mol. The van der Waals surface area contributed by atoms with Crippen molar-refractivity contribution >= 4 is 11.8 Å². The molecule has 0 amide bonds. The van der Waals surface area contributed by atoms with Gasteiger partial charge in [-0.15, -0.1) is 0 Å². The zero-order chi connectivity index (χ0) is 11.1. The summed E-state index contributed by atoms with van der Waals surface area (Å²) >= 11 is 0. The smallest absolute Gasteiger partial charge is 0.310 e. The zero-order valence-electron chi connectivity index (χ0n) is 8.51. The Labute approximate surface area is 88.1 Å². The number of carbonyl (C=O) groups excluding carboxylic acids is 1. The van der Waals surface area contributed by atoms with E-state index < -0.39 is 12.2 Å². The van der Waals surface area contributed by atoms with Gasteiger partial charge in [-0.1, -0.05) is 6.07 Å². The maximum absolute atomic E-state index is 11.0. The predicted octanol–water partition coefficient (Wildman–Crippen LogP) is 0.765. The van der Waals surface area contributed by atoms with Crippen LogP contribution in [0.5, 0.6) is 0 Å². The van der Waals surface area contributed by atoms with Gasteiger partial charge in [0.1, 0.15) is 12.0 Å². The molecule has 1 atom stereocenters. The molecular weight excluding hydrogens is 196 g/mol. The number of nitrogens with one attached hydrogen (secondary N) is 1. The summed E-state index contributed by atoms with van der Waals surface area (Å²) in [6.07, 6.45) is 0.531. The number of aromatic nitrogens is 1. The average Bonchev–Trinajstić information content (AvgIpc) is 2.19. The number of aliphatic hydroxyl groups is 1. The maximum Gasteiger partial charge on any atom is 0.310 e. The van der Waals surface area contributed by atoms with Crippen LogP contribution in [-0.2, 0) is 9.53 Å². The van der Waals surface area contributed by atoms with E-state index in [1.165, 1.54) is 0 Å². The topological polar surface area (TPSA) is 71.5 Å². The lowest BCUT2D eigenvalue weighted by atomic mass is 10.3. The van der Waals surface area contributed by atoms with Gasteiger partial charge in [-0.2, -0.15) is 0 Å². The summed E-state index contributed by atoms with van der Waals surface area (Å²) in [7, 11) is 0. The lowest BCUT2D eigenvalue weighted by molar-refractivity contribution is -0.144. The minimum atomic E-state index is -0.973. The largest absolute Gasteiger partial charge is 0.466 e. The summed E-state index contributed by atoms with van der Waals surface area (Å²) in [5.74, 6) is 0.0859. The number of pyridine rings is 1. The molecule has 0 aliphatic rings. The molecule has 15 heavy (non-hydrogen) atoms. The standard InChI is InChI=1S/C10H14N2O3/c1-2-15-10(14)7-9(13)12-8-5-3-4-6-11-8/h3-6,9,13H,2,7H2,1H3,(H,11,12). The van der Waals surface area contributed by atoms with Gasteiger partial charge in [-0.25, -0.2) is 4.98 Å². The number of ether oxygens (including phenoxy) is 1. The lowest BCUT2D eigenvalue weighted by Gasteiger charge is -2.12. The number of esters is 1. The van der Waals surface area contributed by atoms with Crippen LogP contribution in [0.4, 0.5) is 5.82 Å². The molecule has 0 spiro atoms. The molecule has 0 saturated carbocycles. The van der Waals surface area contributed by atoms with Crippen molar-refractivity contribution in [3.8, 4) is 0 Å². The molecule has 0 bridgehead atoms. The highest BCUT2D eigenvalue weighted by Gasteiger charge is 2.11. The summed E-state index contributed by atoms with van der Waals surface area (Å²) in [4.78, 5) is 14.9. The third-order valence-corrected chi connectivity index (χ3v) is 1.64. The molecule has 1 aromatic rings. The van der Waals surface area contributed by atoms with E-state index in [4.69, 9.17) is 4.74 Å². The molecule has 0 fully saturated rings. The van der Waals surface area contributed by atoms with Crippen molar-refractivity contribution in [3.63, 3.8) is 0 Å². The van der Waals surface area contributed by atoms with E-state index in [-0.39, 0.29) is 6.42 Å². The van der Waals surface area contributed by atoms with Crippen LogP contribution in [0.15, 0.2) is 24.4 Å². The van der Waals surface area contributed by atoms with Gasteiger partial charge in [0.05, 0.1) is 13.0 Å². The van der Waals surface area contributed by atoms with Gasteiger partial charge in [-0.3, -0.25) is 4.79 Å². The van der Waals surface area contributed by atoms with Gasteiger partial charge in [-0.05, 0) is 19.1 Å². The lowest BCUT2D eigenvalue weighted by Crippen LogP contribution is -2.24. The molecule has 5 heteroatoms. The first kappa shape index (κ1) is 11.5. The highest BCUT2D eigenvalue weighted by molar-refractivity contribution is 5.70. The van der Waals surface area contributed by atoms with Gasteiger partial charge in [0.15, 0.2) is 0 Å². The van der Waals surface area contributed by atoms with Crippen LogP contribution in [-0.4, -0.2) is 28.9 Å². The van der Waals surface area contributed by atoms with E-state index in [9.17, 15) is 9.90 Å². The molecule has 0 aliphatic carbocycles. The Morgan fingerprint density at radius 1 is 1.67 bits per heavy atom. The van der Waals surface area contributed by atoms with Crippen LogP contribution in [0.2, 0.25) is 0 Å². The monoisotopic (exact) mass is 210 g/mol. The van der Waals surface area contributed by atoms with Crippen molar-refractivity contribution in [1.82, 2.24) is 4.98 Å². The molecule has 1 rings (SSSR count). The SMILES string of the molecule is CCOC(=O)CC(O)Nc1ccccn1. The second-order valence-corrected chi connectivity index (χ2v) is 2.88. The second-order valence-electron chi connectivity index (χ2n) is 2.88. The van der Waals surface area contributed by atoms with Crippen molar-refractivity contribution in [3.05, 3.63) is 24.4 Å². The Balaban J connectivity index is 2.36. The first-order valence-corrected chi connectivity index (χ1v) is 4.73. The first-order valence-electron chi connectivity index (χ1n) is 4.73. The van der Waals surface area contributed by atoms with Gasteiger partial charge in [0, 0.05) is 6.20 Å². The minimum absolute atomic E-state index is 0.0928. The van der Waals surface area contributed by atoms with E-state index in [0.29, 0.717) is 12.4 Å². The number of hydrogen-bond donors (Lipinski definition) is 2. The molecule has 0 aromatic carbocycles. The number of aliphatic hydroxyl groups excluding tert-OH is 1. The summed E-state index contributed by atoms with van der Waals surface area (Å²) in [5, 5.41) is 12.1. The van der Waals surface area contributed by atoms with Crippen LogP contribution in [0.25, 0.3) is 0 Å². The van der Waals surface area contributed by atoms with Crippen LogP contribution in [0.3, 0.4) is 0 Å². The Morgan fingerprint density at radius 2 is 2.47 bits per heavy atom. The highest BCUT2D eigenvalue weighted by atomic mass is 16.5. The fraction of sp³-hybridized carbons (Fsp3) is 0.400. The molecule has 0 aliphatic heterocycles. The highest BCUT2D eigenvalue weighted by Crippen LogP contribution is 2.03. The molecule has 1 aromatic heterocycles. The summed E-state index contributed by atoms with van der Waals surface area (Å²) < 4.78 is 4.69. The quantitative estimate of drug-likeness (QED) is 0.554. The van der Waals surface area contributed by atoms with Gasteiger partial charge in [0.2, 0.25) is 0 Å². The fourth-order valence-electron chi connectivity index (χ4n) is 1.05. The maximum atomic E-state index is 11.0. The van der Waals surface area contributed by atoms with Gasteiger partial charge >= 0.3 is 5.97 Å². The third-order valence-electron chi connectivity index (χ3n) is 1.64. The number of carbonyl (C=O) groups is 1. The Kier molecular flexibility index (Phi) is 4.56. The molecule has 5 nitrogen and oxygen atoms in total. The van der Waals surface area contributed by atoms with Crippen LogP contribution in [0.1, 0.15) is 13.3 Å². The summed E-state index contributed by atoms with van der Waals surface area (Å²) in [5.41, 5.74) is 0. The van der Waals surface area contributed by atoms with Crippen molar-refractivity contribution in [1.29, 1.82) is 0 Å². The Hall–Kier alpha value is -1.62. The number of hydrogen-bond acceptors (Lipinski definition) is 5. The Morgan fingerprint density at radius 3 is 3.07 bits per heavy atom. The molecule has 1 unspecified atom stereocenters. The van der Waals surface area contributed by atoms with Crippen molar-refractivity contribution in [2.24, 2.45) is 0 Å². The van der Waals surface area contributed by atoms with E-state index in [0.717, 1.165) is 0 Å². The van der Waals surface area contributed by atoms with Crippen molar-refractivity contribution < 1.29 is 14.6 Å². The van der Waals surface area contributed by atoms with Gasteiger partial charge in [0.25, 0.3) is 0 Å². The molecular formula is C10H14N2O3. The molecule has 2 N–H and O–H groups in total. The van der Waals surface area contributed by atoms with Crippen LogP contribution < -0.4 is 5.32 Å². The fourth-order valence-corrected chi connectivity index (χ4v) is 1.05. The number of nitrogens with zero attached hydrogens (tertiary/aromatic N) is 1. The zero-order valence-corrected chi connectivity index (χ0v) is 8.51. The van der Waals surface area contributed by atoms with E-state index in [2.05, 4.69) is 10.3 Å². The van der Waals surface area contributed by atoms with E-state index >= 15 is 0 Å². The third kappa shape index (κ3) is 4.42. The van der Waals surface area contributed by atoms with Crippen LogP contribution in [0, 0.1) is 0 Å². The van der Waals surface area contributed by atoms with Crippen LogP contribution >= 0.6 is 0 Å². The van der Waals surface area contributed by atoms with E-state index in [1.54, 1.807) is 31.3 Å².